The van der Waals surface area contributed by atoms with Gasteiger partial charge in [-0.1, -0.05) is 36.4 Å². The highest BCUT2D eigenvalue weighted by Crippen LogP contribution is 2.32. The molecule has 1 aliphatic rings. The molecule has 0 saturated carbocycles. The van der Waals surface area contributed by atoms with Gasteiger partial charge in [-0.2, -0.15) is 13.2 Å². The van der Waals surface area contributed by atoms with E-state index in [1.54, 1.807) is 27.0 Å². The van der Waals surface area contributed by atoms with Crippen LogP contribution >= 0.6 is 0 Å². The maximum atomic E-state index is 13.5. The predicted molar refractivity (Wildman–Crippen MR) is 134 cm³/mol. The van der Waals surface area contributed by atoms with Gasteiger partial charge in [-0.3, -0.25) is 9.69 Å². The van der Waals surface area contributed by atoms with E-state index in [1.165, 1.54) is 40.3 Å². The van der Waals surface area contributed by atoms with Crippen LogP contribution in [0.3, 0.4) is 0 Å². The van der Waals surface area contributed by atoms with Gasteiger partial charge < -0.3 is 14.7 Å². The Hall–Kier alpha value is -2.68. The summed E-state index contributed by atoms with van der Waals surface area (Å²) in [6, 6.07) is 11.3. The molecule has 0 unspecified atom stereocenters. The fourth-order valence-corrected chi connectivity index (χ4v) is 4.35. The Morgan fingerprint density at radius 3 is 2.61 bits per heavy atom. The van der Waals surface area contributed by atoms with Crippen LogP contribution in [0.15, 0.2) is 48.5 Å². The number of fused-ring (bicyclic) bond motifs is 1. The quantitative estimate of drug-likeness (QED) is 0.467. The fourth-order valence-electron chi connectivity index (χ4n) is 4.35. The zero-order chi connectivity index (χ0) is 26.3. The number of ether oxygens (including phenoxy) is 1. The van der Waals surface area contributed by atoms with Crippen molar-refractivity contribution < 1.29 is 27.8 Å². The number of aliphatic hydroxyl groups is 1. The molecular weight excluding hydrogens is 469 g/mol. The molecule has 0 radical (unpaired) electrons. The molecule has 0 atom stereocenters. The van der Waals surface area contributed by atoms with Crippen LogP contribution in [0.4, 0.5) is 13.2 Å². The van der Waals surface area contributed by atoms with Gasteiger partial charge in [0.15, 0.2) is 0 Å². The topological polar surface area (TPSA) is 53.0 Å². The van der Waals surface area contributed by atoms with Crippen molar-refractivity contribution in [2.24, 2.45) is 0 Å². The summed E-state index contributed by atoms with van der Waals surface area (Å²) in [6.07, 6.45) is -0.266. The fraction of sp³-hybridized carbons (Fsp3) is 0.464. The molecule has 2 aromatic carbocycles. The van der Waals surface area contributed by atoms with E-state index in [4.69, 9.17) is 4.74 Å². The standard InChI is InChI=1S/C28H35F3N2O3/c1-27(2,35)14-16-33(20-23-7-4-5-10-25(23)28(29,30)31)26(34)12-11-21-8-6-9-22-19-32(17-18-36-3)15-13-24(21)22/h4-12,35H,13-20H2,1-3H3/b12-11+. The van der Waals surface area contributed by atoms with E-state index in [0.717, 1.165) is 37.7 Å². The molecule has 1 heterocycles. The molecule has 3 rings (SSSR count). The van der Waals surface area contributed by atoms with Crippen molar-refractivity contribution in [3.63, 3.8) is 0 Å². The van der Waals surface area contributed by atoms with Gasteiger partial charge >= 0.3 is 6.18 Å². The Morgan fingerprint density at radius 1 is 1.17 bits per heavy atom. The number of carbonyl (C=O) groups excluding carboxylic acids is 1. The SMILES string of the molecule is COCCN1CCc2c(/C=C/C(=O)N(CCC(C)(C)O)Cc3ccccc3C(F)(F)F)cccc2C1. The minimum absolute atomic E-state index is 0.0238. The summed E-state index contributed by atoms with van der Waals surface area (Å²) in [4.78, 5) is 16.9. The van der Waals surface area contributed by atoms with Crippen LogP contribution in [0.1, 0.15) is 48.1 Å². The summed E-state index contributed by atoms with van der Waals surface area (Å²) in [5, 5.41) is 10.2. The summed E-state index contributed by atoms with van der Waals surface area (Å²) < 4.78 is 45.8. The molecule has 1 aliphatic heterocycles. The molecule has 2 aromatic rings. The Morgan fingerprint density at radius 2 is 1.92 bits per heavy atom. The van der Waals surface area contributed by atoms with Gasteiger partial charge in [0.1, 0.15) is 0 Å². The van der Waals surface area contributed by atoms with E-state index in [0.29, 0.717) is 6.61 Å². The average molecular weight is 505 g/mol. The summed E-state index contributed by atoms with van der Waals surface area (Å²) in [7, 11) is 1.68. The molecule has 8 heteroatoms. The molecular formula is C28H35F3N2O3. The summed E-state index contributed by atoms with van der Waals surface area (Å²) in [6.45, 7) is 6.37. The summed E-state index contributed by atoms with van der Waals surface area (Å²) in [5.41, 5.74) is 1.52. The highest BCUT2D eigenvalue weighted by atomic mass is 19.4. The van der Waals surface area contributed by atoms with E-state index in [1.807, 2.05) is 12.1 Å². The van der Waals surface area contributed by atoms with Crippen LogP contribution < -0.4 is 0 Å². The summed E-state index contributed by atoms with van der Waals surface area (Å²) >= 11 is 0. The molecule has 5 nitrogen and oxygen atoms in total. The number of methoxy groups -OCH3 is 1. The van der Waals surface area contributed by atoms with Crippen molar-refractivity contribution in [1.29, 1.82) is 0 Å². The number of hydrogen-bond donors (Lipinski definition) is 1. The zero-order valence-corrected chi connectivity index (χ0v) is 21.1. The van der Waals surface area contributed by atoms with Crippen LogP contribution in [0.2, 0.25) is 0 Å². The van der Waals surface area contributed by atoms with Gasteiger partial charge in [-0.25, -0.2) is 0 Å². The largest absolute Gasteiger partial charge is 0.416 e. The molecule has 0 saturated heterocycles. The average Bonchev–Trinajstić information content (AvgIpc) is 2.82. The van der Waals surface area contributed by atoms with Gasteiger partial charge in [0.2, 0.25) is 5.91 Å². The van der Waals surface area contributed by atoms with E-state index >= 15 is 0 Å². The zero-order valence-electron chi connectivity index (χ0n) is 21.1. The van der Waals surface area contributed by atoms with Crippen molar-refractivity contribution in [2.45, 2.75) is 51.6 Å². The Balaban J connectivity index is 1.81. The number of halogens is 3. The molecule has 1 amide bonds. The van der Waals surface area contributed by atoms with Gasteiger partial charge in [0.05, 0.1) is 17.8 Å². The molecule has 36 heavy (non-hydrogen) atoms. The molecule has 0 aromatic heterocycles. The lowest BCUT2D eigenvalue weighted by atomic mass is 9.94. The Bertz CT molecular complexity index is 1060. The molecule has 1 N–H and O–H groups in total. The normalized spacial score (nSPS) is 14.8. The van der Waals surface area contributed by atoms with Crippen molar-refractivity contribution in [1.82, 2.24) is 9.80 Å². The number of benzene rings is 2. The molecule has 196 valence electrons. The lowest BCUT2D eigenvalue weighted by Gasteiger charge is -2.29. The first kappa shape index (κ1) is 27.9. The van der Waals surface area contributed by atoms with Gasteiger partial charge in [0, 0.05) is 45.9 Å². The van der Waals surface area contributed by atoms with Crippen LogP contribution in [0.5, 0.6) is 0 Å². The maximum Gasteiger partial charge on any atom is 0.416 e. The third-order valence-corrected chi connectivity index (χ3v) is 6.39. The second-order valence-corrected chi connectivity index (χ2v) is 9.81. The number of amides is 1. The van der Waals surface area contributed by atoms with Crippen LogP contribution in [-0.2, 0) is 35.2 Å². The van der Waals surface area contributed by atoms with Crippen LogP contribution in [0.25, 0.3) is 6.08 Å². The van der Waals surface area contributed by atoms with E-state index < -0.39 is 23.2 Å². The monoisotopic (exact) mass is 504 g/mol. The number of nitrogens with zero attached hydrogens (tertiary/aromatic N) is 2. The third-order valence-electron chi connectivity index (χ3n) is 6.39. The number of alkyl halides is 3. The second-order valence-electron chi connectivity index (χ2n) is 9.81. The molecule has 0 aliphatic carbocycles. The van der Waals surface area contributed by atoms with E-state index in [9.17, 15) is 23.1 Å². The molecule has 0 spiro atoms. The Kier molecular flexibility index (Phi) is 9.33. The lowest BCUT2D eigenvalue weighted by molar-refractivity contribution is -0.139. The minimum atomic E-state index is -4.52. The predicted octanol–water partition coefficient (Wildman–Crippen LogP) is 4.91. The maximum absolute atomic E-state index is 13.5. The van der Waals surface area contributed by atoms with Gasteiger partial charge in [-0.05, 0) is 61.1 Å². The first-order valence-electron chi connectivity index (χ1n) is 12.1. The highest BCUT2D eigenvalue weighted by molar-refractivity contribution is 5.92. The first-order chi connectivity index (χ1) is 17.0. The van der Waals surface area contributed by atoms with Crippen LogP contribution in [0, 0.1) is 0 Å². The van der Waals surface area contributed by atoms with Crippen LogP contribution in [-0.4, -0.2) is 59.8 Å². The van der Waals surface area contributed by atoms with Crippen molar-refractivity contribution in [2.75, 3.05) is 33.4 Å². The lowest BCUT2D eigenvalue weighted by Crippen LogP contribution is -2.35. The van der Waals surface area contributed by atoms with Gasteiger partial charge in [-0.15, -0.1) is 0 Å². The highest BCUT2D eigenvalue weighted by Gasteiger charge is 2.33. The van der Waals surface area contributed by atoms with E-state index in [2.05, 4.69) is 11.0 Å². The summed E-state index contributed by atoms with van der Waals surface area (Å²) in [5.74, 6) is -0.397. The van der Waals surface area contributed by atoms with Crippen molar-refractivity contribution in [3.8, 4) is 0 Å². The smallest absolute Gasteiger partial charge is 0.390 e. The minimum Gasteiger partial charge on any atom is -0.390 e. The second kappa shape index (κ2) is 12.0. The van der Waals surface area contributed by atoms with E-state index in [-0.39, 0.29) is 25.1 Å². The molecule has 0 bridgehead atoms. The van der Waals surface area contributed by atoms with Crippen molar-refractivity contribution >= 4 is 12.0 Å². The first-order valence-corrected chi connectivity index (χ1v) is 12.1. The Labute approximate surface area is 211 Å². The van der Waals surface area contributed by atoms with Crippen molar-refractivity contribution in [3.05, 3.63) is 76.4 Å². The molecule has 0 fully saturated rings. The third kappa shape index (κ3) is 7.91. The number of hydrogen-bond acceptors (Lipinski definition) is 4. The van der Waals surface area contributed by atoms with Gasteiger partial charge in [0.25, 0.3) is 0 Å². The number of rotatable bonds is 10. The number of carbonyl (C=O) groups is 1.